The van der Waals surface area contributed by atoms with Gasteiger partial charge in [-0.2, -0.15) is 136 Å². The van der Waals surface area contributed by atoms with Crippen LogP contribution >= 0.6 is 7.60 Å². The number of hydrogen-bond acceptors (Lipinski definition) is 1. The molecule has 2 N–H and O–H groups in total. The molecule has 0 rings (SSSR count). The highest BCUT2D eigenvalue weighted by Crippen LogP contribution is 2.71. The average molecular weight is 850 g/mol. The van der Waals surface area contributed by atoms with Gasteiger partial charge in [0.2, 0.25) is 0 Å². The molecule has 0 aliphatic carbocycles. The summed E-state index contributed by atoms with van der Waals surface area (Å²) in [5.74, 6) is -127. The Morgan fingerprint density at radius 1 is 0.240 bits per heavy atom. The minimum atomic E-state index is -10.2. The van der Waals surface area contributed by atoms with Crippen LogP contribution in [-0.4, -0.2) is 98.6 Å². The lowest BCUT2D eigenvalue weighted by molar-refractivity contribution is -0.488. The van der Waals surface area contributed by atoms with Gasteiger partial charge in [0, 0.05) is 0 Å². The second-order valence-electron chi connectivity index (χ2n) is 9.05. The minimum absolute atomic E-state index is 7.87. The standard InChI is InChI=1S/C15H2F31O3P/c16-1(17,2(18,19)4(22,23)6(26,27)8(30,31)10(34,35)12(38,39)14(42,43)44)3(20,21)5(24,25)7(28,29)9(32,33)11(36,37)13(40,41)15(45,46)50(47,48)49/h(H2,47,48,49). The van der Waals surface area contributed by atoms with Crippen molar-refractivity contribution in [3.05, 3.63) is 0 Å². The quantitative estimate of drug-likeness (QED) is 0.135. The fourth-order valence-corrected chi connectivity index (χ4v) is 3.22. The summed E-state index contributed by atoms with van der Waals surface area (Å²) >= 11 is 0. The van der Waals surface area contributed by atoms with Gasteiger partial charge in [0.1, 0.15) is 0 Å². The largest absolute Gasteiger partial charge is 0.460 e. The van der Waals surface area contributed by atoms with Crippen LogP contribution in [0.4, 0.5) is 136 Å². The smallest absolute Gasteiger partial charge is 0.320 e. The third-order valence-corrected chi connectivity index (χ3v) is 6.84. The molecule has 0 heterocycles. The minimum Gasteiger partial charge on any atom is -0.320 e. The molecule has 0 saturated heterocycles. The van der Waals surface area contributed by atoms with Gasteiger partial charge in [0.05, 0.1) is 0 Å². The molecule has 0 radical (unpaired) electrons. The highest BCUT2D eigenvalue weighted by atomic mass is 31.2. The van der Waals surface area contributed by atoms with Crippen LogP contribution in [0.5, 0.6) is 0 Å². The molecule has 0 unspecified atom stereocenters. The Hall–Kier alpha value is -2.02. The normalized spacial score (nSPS) is 17.4. The lowest BCUT2D eigenvalue weighted by atomic mass is 9.83. The lowest BCUT2D eigenvalue weighted by Crippen LogP contribution is -2.79. The van der Waals surface area contributed by atoms with Crippen molar-refractivity contribution in [2.24, 2.45) is 0 Å². The fraction of sp³-hybridized carbons (Fsp3) is 1.00. The number of alkyl halides is 31. The first-order chi connectivity index (χ1) is 20.8. The predicted molar refractivity (Wildman–Crippen MR) is 87.4 cm³/mol. The van der Waals surface area contributed by atoms with Crippen molar-refractivity contribution in [3.63, 3.8) is 0 Å². The van der Waals surface area contributed by atoms with E-state index < -0.39 is 96.4 Å². The van der Waals surface area contributed by atoms with Crippen molar-refractivity contribution < 1.29 is 150 Å². The first kappa shape index (κ1) is 48.0. The third kappa shape index (κ3) is 5.26. The first-order valence-corrected chi connectivity index (χ1v) is 11.8. The Bertz CT molecular complexity index is 1320. The van der Waals surface area contributed by atoms with Gasteiger partial charge in [0.15, 0.2) is 0 Å². The van der Waals surface area contributed by atoms with E-state index in [9.17, 15) is 141 Å². The first-order valence-electron chi connectivity index (χ1n) is 10.2. The maximum absolute atomic E-state index is 13.7. The van der Waals surface area contributed by atoms with Gasteiger partial charge in [-0.1, -0.05) is 0 Å². The van der Waals surface area contributed by atoms with Crippen LogP contribution in [0.2, 0.25) is 0 Å². The van der Waals surface area contributed by atoms with Crippen LogP contribution in [0.25, 0.3) is 0 Å². The molecule has 0 aliphatic rings. The summed E-state index contributed by atoms with van der Waals surface area (Å²) in [6.07, 6.45) is -8.38. The van der Waals surface area contributed by atoms with E-state index in [1.807, 2.05) is 0 Å². The SMILES string of the molecule is O=P(O)(O)C(F)(F)C(F)(F)C(F)(F)C(F)(F)C(F)(F)C(F)(F)C(F)(F)C(F)(F)C(F)(F)C(F)(F)C(F)(F)C(F)(F)C(F)(F)C(F)(F)C(F)(F)F. The summed E-state index contributed by atoms with van der Waals surface area (Å²) in [5.41, 5.74) is -8.25. The molecule has 0 amide bonds. The Morgan fingerprint density at radius 2 is 0.360 bits per heavy atom. The van der Waals surface area contributed by atoms with E-state index in [1.54, 1.807) is 0 Å². The summed E-state index contributed by atoms with van der Waals surface area (Å²) in [7, 11) is -8.49. The number of halogens is 31. The highest BCUT2D eigenvalue weighted by molar-refractivity contribution is 7.53. The zero-order valence-corrected chi connectivity index (χ0v) is 21.9. The van der Waals surface area contributed by atoms with E-state index in [-0.39, 0.29) is 0 Å². The summed E-state index contributed by atoms with van der Waals surface area (Å²) in [6.45, 7) is 0. The molecule has 0 aromatic carbocycles. The van der Waals surface area contributed by atoms with Gasteiger partial charge in [-0.3, -0.25) is 4.57 Å². The summed E-state index contributed by atoms with van der Waals surface area (Å²) in [6, 6.07) is 0. The second kappa shape index (κ2) is 11.2. The molecule has 0 aromatic rings. The third-order valence-electron chi connectivity index (χ3n) is 5.83. The van der Waals surface area contributed by atoms with Crippen molar-refractivity contribution in [1.82, 2.24) is 0 Å². The van der Waals surface area contributed by atoms with Crippen molar-refractivity contribution in [1.29, 1.82) is 0 Å². The van der Waals surface area contributed by atoms with E-state index in [2.05, 4.69) is 0 Å². The molecule has 0 spiro atoms. The molecule has 35 heteroatoms. The van der Waals surface area contributed by atoms with Crippen LogP contribution in [0.1, 0.15) is 0 Å². The second-order valence-corrected chi connectivity index (χ2v) is 10.7. The van der Waals surface area contributed by atoms with Gasteiger partial charge < -0.3 is 9.79 Å². The summed E-state index contributed by atoms with van der Waals surface area (Å²) in [5, 5.41) is 0. The highest BCUT2D eigenvalue weighted by Gasteiger charge is 3.01. The van der Waals surface area contributed by atoms with Crippen molar-refractivity contribution in [2.45, 2.75) is 88.8 Å². The van der Waals surface area contributed by atoms with Crippen LogP contribution in [0.3, 0.4) is 0 Å². The molecule has 0 bridgehead atoms. The molecule has 3 nitrogen and oxygen atoms in total. The predicted octanol–water partition coefficient (Wildman–Crippen LogP) is 9.58. The maximum atomic E-state index is 13.7. The van der Waals surface area contributed by atoms with E-state index in [0.717, 1.165) is 0 Å². The molecule has 0 aliphatic heterocycles. The lowest BCUT2D eigenvalue weighted by Gasteiger charge is -2.46. The van der Waals surface area contributed by atoms with Gasteiger partial charge in [-0.15, -0.1) is 0 Å². The monoisotopic (exact) mass is 850 g/mol. The Kier molecular flexibility index (Phi) is 10.8. The van der Waals surface area contributed by atoms with Gasteiger partial charge in [-0.25, -0.2) is 0 Å². The van der Waals surface area contributed by atoms with E-state index in [1.165, 1.54) is 0 Å². The van der Waals surface area contributed by atoms with Gasteiger partial charge in [-0.05, 0) is 0 Å². The molecule has 0 fully saturated rings. The molecular formula is C15H2F31O3P. The van der Waals surface area contributed by atoms with E-state index in [0.29, 0.717) is 0 Å². The molecule has 50 heavy (non-hydrogen) atoms. The van der Waals surface area contributed by atoms with E-state index in [4.69, 9.17) is 9.79 Å². The number of rotatable bonds is 14. The zero-order chi connectivity index (χ0) is 42.0. The Labute approximate surface area is 248 Å². The zero-order valence-electron chi connectivity index (χ0n) is 21.0. The van der Waals surface area contributed by atoms with Crippen molar-refractivity contribution in [3.8, 4) is 0 Å². The summed E-state index contributed by atoms with van der Waals surface area (Å²) in [4.78, 5) is 15.7. The molecular weight excluding hydrogens is 848 g/mol. The van der Waals surface area contributed by atoms with E-state index >= 15 is 0 Å². The molecule has 302 valence electrons. The summed E-state index contributed by atoms with van der Waals surface area (Å²) < 4.78 is 423. The molecule has 0 aromatic heterocycles. The van der Waals surface area contributed by atoms with Gasteiger partial charge >= 0.3 is 96.4 Å². The van der Waals surface area contributed by atoms with Gasteiger partial charge in [0.25, 0.3) is 0 Å². The van der Waals surface area contributed by atoms with Crippen LogP contribution in [-0.2, 0) is 4.57 Å². The Morgan fingerprint density at radius 3 is 0.480 bits per heavy atom. The average Bonchev–Trinajstić information content (AvgIpc) is 2.85. The molecule has 0 atom stereocenters. The van der Waals surface area contributed by atoms with Crippen LogP contribution in [0.15, 0.2) is 0 Å². The van der Waals surface area contributed by atoms with Crippen molar-refractivity contribution in [2.75, 3.05) is 0 Å². The topological polar surface area (TPSA) is 57.5 Å². The molecule has 0 saturated carbocycles. The number of hydrogen-bond donors (Lipinski definition) is 2. The van der Waals surface area contributed by atoms with Crippen molar-refractivity contribution >= 4 is 7.60 Å². The van der Waals surface area contributed by atoms with Crippen LogP contribution < -0.4 is 0 Å². The fourth-order valence-electron chi connectivity index (χ4n) is 2.72. The Balaban J connectivity index is 7.72. The maximum Gasteiger partial charge on any atom is 0.460 e. The van der Waals surface area contributed by atoms with Crippen LogP contribution in [0, 0.1) is 0 Å².